The fourth-order valence-corrected chi connectivity index (χ4v) is 4.68. The lowest BCUT2D eigenvalue weighted by Crippen LogP contribution is -2.39. The van der Waals surface area contributed by atoms with Crippen LogP contribution in [0.2, 0.25) is 0 Å². The number of anilines is 1. The van der Waals surface area contributed by atoms with E-state index < -0.39 is 0 Å². The fourth-order valence-electron chi connectivity index (χ4n) is 3.56. The maximum absolute atomic E-state index is 12.7. The lowest BCUT2D eigenvalue weighted by atomic mass is 9.97. The van der Waals surface area contributed by atoms with Crippen LogP contribution in [0, 0.1) is 0 Å². The van der Waals surface area contributed by atoms with Gasteiger partial charge in [-0.15, -0.1) is 11.8 Å². The van der Waals surface area contributed by atoms with Crippen molar-refractivity contribution < 1.29 is 9.59 Å². The number of hydrogen-bond donors (Lipinski definition) is 1. The van der Waals surface area contributed by atoms with Gasteiger partial charge in [0.05, 0.1) is 5.69 Å². The highest BCUT2D eigenvalue weighted by Crippen LogP contribution is 2.38. The molecule has 0 aromatic heterocycles. The predicted molar refractivity (Wildman–Crippen MR) is 108 cm³/mol. The average Bonchev–Trinajstić information content (AvgIpc) is 2.66. The van der Waals surface area contributed by atoms with Crippen molar-refractivity contribution in [2.75, 3.05) is 18.0 Å². The quantitative estimate of drug-likeness (QED) is 0.758. The first-order chi connectivity index (χ1) is 12.6. The Hall–Kier alpha value is -1.75. The standard InChI is InChI=1S/C21H28N2O2S/c1-16-15-23(18-9-5-6-10-19(18)26-16)21(25)12-11-20(24)22-14-13-17-7-3-2-4-8-17/h5-7,9-10,16H,2-4,8,11-15H2,1H3,(H,22,24)/t16-/m0/s1. The molecule has 1 aliphatic carbocycles. The predicted octanol–water partition coefficient (Wildman–Crippen LogP) is 4.30. The van der Waals surface area contributed by atoms with Gasteiger partial charge in [-0.2, -0.15) is 0 Å². The normalized spacial score (nSPS) is 19.5. The summed E-state index contributed by atoms with van der Waals surface area (Å²) in [5.74, 6) is 0.0113. The number of hydrogen-bond acceptors (Lipinski definition) is 3. The zero-order chi connectivity index (χ0) is 18.4. The third-order valence-corrected chi connectivity index (χ3v) is 6.09. The van der Waals surface area contributed by atoms with Gasteiger partial charge in [0.15, 0.2) is 0 Å². The Labute approximate surface area is 160 Å². The lowest BCUT2D eigenvalue weighted by Gasteiger charge is -2.32. The molecular weight excluding hydrogens is 344 g/mol. The van der Waals surface area contributed by atoms with Crippen molar-refractivity contribution in [3.05, 3.63) is 35.9 Å². The Morgan fingerprint density at radius 3 is 2.88 bits per heavy atom. The van der Waals surface area contributed by atoms with Crippen LogP contribution in [0.5, 0.6) is 0 Å². The Bertz CT molecular complexity index is 686. The number of nitrogens with zero attached hydrogens (tertiary/aromatic N) is 1. The summed E-state index contributed by atoms with van der Waals surface area (Å²) < 4.78 is 0. The number of allylic oxidation sites excluding steroid dienone is 1. The summed E-state index contributed by atoms with van der Waals surface area (Å²) in [5.41, 5.74) is 2.44. The molecule has 4 nitrogen and oxygen atoms in total. The van der Waals surface area contributed by atoms with Crippen LogP contribution in [0.15, 0.2) is 40.8 Å². The van der Waals surface area contributed by atoms with E-state index in [0.29, 0.717) is 18.3 Å². The van der Waals surface area contributed by atoms with E-state index in [1.165, 1.54) is 31.3 Å². The van der Waals surface area contributed by atoms with Crippen molar-refractivity contribution in [1.29, 1.82) is 0 Å². The summed E-state index contributed by atoms with van der Waals surface area (Å²) in [6.07, 6.45) is 8.67. The van der Waals surface area contributed by atoms with Gasteiger partial charge in [-0.25, -0.2) is 0 Å². The number of benzene rings is 1. The molecule has 1 N–H and O–H groups in total. The van der Waals surface area contributed by atoms with Gasteiger partial charge in [0.2, 0.25) is 11.8 Å². The number of amides is 2. The molecule has 1 aliphatic heterocycles. The maximum Gasteiger partial charge on any atom is 0.227 e. The molecule has 1 heterocycles. The number of fused-ring (bicyclic) bond motifs is 1. The van der Waals surface area contributed by atoms with Crippen LogP contribution in [-0.2, 0) is 9.59 Å². The largest absolute Gasteiger partial charge is 0.356 e. The first kappa shape index (κ1) is 19.0. The van der Waals surface area contributed by atoms with E-state index in [0.717, 1.165) is 17.0 Å². The van der Waals surface area contributed by atoms with Crippen molar-refractivity contribution in [2.24, 2.45) is 0 Å². The van der Waals surface area contributed by atoms with Crippen LogP contribution >= 0.6 is 11.8 Å². The first-order valence-electron chi connectivity index (χ1n) is 9.64. The second-order valence-corrected chi connectivity index (χ2v) is 8.59. The number of thioether (sulfide) groups is 1. The highest BCUT2D eigenvalue weighted by Gasteiger charge is 2.26. The summed E-state index contributed by atoms with van der Waals surface area (Å²) in [7, 11) is 0. The van der Waals surface area contributed by atoms with E-state index in [2.05, 4.69) is 24.4 Å². The minimum absolute atomic E-state index is 0.0255. The molecular formula is C21H28N2O2S. The minimum Gasteiger partial charge on any atom is -0.356 e. The molecule has 2 aliphatic rings. The van der Waals surface area contributed by atoms with Crippen LogP contribution in [0.3, 0.4) is 0 Å². The molecule has 26 heavy (non-hydrogen) atoms. The summed E-state index contributed by atoms with van der Waals surface area (Å²) in [6.45, 7) is 3.52. The lowest BCUT2D eigenvalue weighted by molar-refractivity contribution is -0.125. The zero-order valence-electron chi connectivity index (χ0n) is 15.5. The fraction of sp³-hybridized carbons (Fsp3) is 0.524. The van der Waals surface area contributed by atoms with E-state index in [4.69, 9.17) is 0 Å². The Morgan fingerprint density at radius 2 is 2.08 bits per heavy atom. The molecule has 0 radical (unpaired) electrons. The molecule has 1 aromatic rings. The van der Waals surface area contributed by atoms with E-state index in [9.17, 15) is 9.59 Å². The van der Waals surface area contributed by atoms with Crippen molar-refractivity contribution in [2.45, 2.75) is 62.0 Å². The molecule has 0 bridgehead atoms. The number of para-hydroxylation sites is 1. The molecule has 0 unspecified atom stereocenters. The third kappa shape index (κ3) is 5.13. The highest BCUT2D eigenvalue weighted by molar-refractivity contribution is 8.00. The van der Waals surface area contributed by atoms with Gasteiger partial charge in [0, 0.05) is 36.1 Å². The molecule has 3 rings (SSSR count). The molecule has 1 aromatic carbocycles. The van der Waals surface area contributed by atoms with Crippen molar-refractivity contribution in [1.82, 2.24) is 5.32 Å². The molecule has 0 spiro atoms. The Morgan fingerprint density at radius 1 is 1.23 bits per heavy atom. The summed E-state index contributed by atoms with van der Waals surface area (Å²) in [4.78, 5) is 27.7. The number of carbonyl (C=O) groups excluding carboxylic acids is 2. The van der Waals surface area contributed by atoms with Gasteiger partial charge in [-0.05, 0) is 44.2 Å². The first-order valence-corrected chi connectivity index (χ1v) is 10.5. The van der Waals surface area contributed by atoms with E-state index in [1.54, 1.807) is 11.8 Å². The van der Waals surface area contributed by atoms with Crippen molar-refractivity contribution in [3.8, 4) is 0 Å². The number of carbonyl (C=O) groups is 2. The monoisotopic (exact) mass is 372 g/mol. The van der Waals surface area contributed by atoms with Crippen LogP contribution in [0.4, 0.5) is 5.69 Å². The van der Waals surface area contributed by atoms with Gasteiger partial charge in [0.1, 0.15) is 0 Å². The van der Waals surface area contributed by atoms with Crippen LogP contribution in [-0.4, -0.2) is 30.2 Å². The summed E-state index contributed by atoms with van der Waals surface area (Å²) in [5, 5.41) is 3.33. The zero-order valence-corrected chi connectivity index (χ0v) is 16.3. The molecule has 140 valence electrons. The topological polar surface area (TPSA) is 49.4 Å². The molecule has 2 amide bonds. The van der Waals surface area contributed by atoms with Gasteiger partial charge < -0.3 is 10.2 Å². The van der Waals surface area contributed by atoms with Gasteiger partial charge >= 0.3 is 0 Å². The smallest absolute Gasteiger partial charge is 0.227 e. The van der Waals surface area contributed by atoms with Crippen molar-refractivity contribution in [3.63, 3.8) is 0 Å². The van der Waals surface area contributed by atoms with Crippen LogP contribution in [0.1, 0.15) is 51.9 Å². The van der Waals surface area contributed by atoms with Crippen LogP contribution in [0.25, 0.3) is 0 Å². The molecule has 1 atom stereocenters. The maximum atomic E-state index is 12.7. The Balaban J connectivity index is 1.45. The highest BCUT2D eigenvalue weighted by atomic mass is 32.2. The van der Waals surface area contributed by atoms with Crippen LogP contribution < -0.4 is 10.2 Å². The summed E-state index contributed by atoms with van der Waals surface area (Å²) >= 11 is 1.80. The number of nitrogens with one attached hydrogen (secondary N) is 1. The van der Waals surface area contributed by atoms with E-state index in [1.807, 2.05) is 23.1 Å². The second kappa shape index (κ2) is 9.26. The number of rotatable bonds is 6. The van der Waals surface area contributed by atoms with Gasteiger partial charge in [0.25, 0.3) is 0 Å². The van der Waals surface area contributed by atoms with E-state index in [-0.39, 0.29) is 24.7 Å². The van der Waals surface area contributed by atoms with Crippen molar-refractivity contribution >= 4 is 29.3 Å². The molecule has 5 heteroatoms. The second-order valence-electron chi connectivity index (χ2n) is 7.11. The average molecular weight is 373 g/mol. The van der Waals surface area contributed by atoms with Gasteiger partial charge in [-0.1, -0.05) is 30.7 Å². The SMILES string of the molecule is C[C@H]1CN(C(=O)CCC(=O)NCCC2=CCCCC2)c2ccccc2S1. The van der Waals surface area contributed by atoms with Gasteiger partial charge in [-0.3, -0.25) is 9.59 Å². The van der Waals surface area contributed by atoms with E-state index >= 15 is 0 Å². The summed E-state index contributed by atoms with van der Waals surface area (Å²) in [6, 6.07) is 8.01. The Kier molecular flexibility index (Phi) is 6.78. The minimum atomic E-state index is -0.0255. The molecule has 0 saturated heterocycles. The molecule has 0 saturated carbocycles. The molecule has 0 fully saturated rings. The third-order valence-electron chi connectivity index (χ3n) is 4.94.